The molecule has 1 rings (SSSR count). The van der Waals surface area contributed by atoms with Crippen molar-refractivity contribution in [1.29, 1.82) is 0 Å². The fourth-order valence-corrected chi connectivity index (χ4v) is 2.01. The first-order valence-electron chi connectivity index (χ1n) is 5.18. The van der Waals surface area contributed by atoms with Gasteiger partial charge in [0.05, 0.1) is 5.92 Å². The molecule has 1 amide bonds. The Morgan fingerprint density at radius 2 is 2.31 bits per heavy atom. The summed E-state index contributed by atoms with van der Waals surface area (Å²) >= 11 is 1.44. The molecule has 2 N–H and O–H groups in total. The molecule has 1 heterocycles. The SMILES string of the molecule is CCCC(CNC(=O)c1ccsc1)C(=O)O. The summed E-state index contributed by atoms with van der Waals surface area (Å²) < 4.78 is 0. The summed E-state index contributed by atoms with van der Waals surface area (Å²) in [5.41, 5.74) is 0.589. The summed E-state index contributed by atoms with van der Waals surface area (Å²) in [5, 5.41) is 15.1. The number of carbonyl (C=O) groups excluding carboxylic acids is 1. The van der Waals surface area contributed by atoms with Crippen molar-refractivity contribution in [2.45, 2.75) is 19.8 Å². The Morgan fingerprint density at radius 3 is 2.81 bits per heavy atom. The van der Waals surface area contributed by atoms with Crippen LogP contribution in [0, 0.1) is 5.92 Å². The zero-order valence-corrected chi connectivity index (χ0v) is 9.92. The van der Waals surface area contributed by atoms with Gasteiger partial charge >= 0.3 is 5.97 Å². The number of rotatable bonds is 6. The molecule has 0 aromatic carbocycles. The third kappa shape index (κ3) is 3.66. The topological polar surface area (TPSA) is 66.4 Å². The van der Waals surface area contributed by atoms with Gasteiger partial charge in [0.25, 0.3) is 5.91 Å². The zero-order valence-electron chi connectivity index (χ0n) is 9.10. The summed E-state index contributed by atoms with van der Waals surface area (Å²) in [6, 6.07) is 1.72. The molecule has 0 aliphatic rings. The molecule has 1 atom stereocenters. The van der Waals surface area contributed by atoms with Gasteiger partial charge in [-0.1, -0.05) is 13.3 Å². The third-order valence-corrected chi connectivity index (χ3v) is 2.96. The summed E-state index contributed by atoms with van der Waals surface area (Å²) in [6.45, 7) is 2.12. The molecule has 0 fully saturated rings. The number of nitrogens with one attached hydrogen (secondary N) is 1. The molecule has 0 aliphatic carbocycles. The van der Waals surface area contributed by atoms with Crippen LogP contribution in [0.25, 0.3) is 0 Å². The zero-order chi connectivity index (χ0) is 12.0. The minimum absolute atomic E-state index is 0.192. The number of carboxylic acids is 1. The standard InChI is InChI=1S/C11H15NO3S/c1-2-3-8(11(14)15)6-12-10(13)9-4-5-16-7-9/h4-5,7-8H,2-3,6H2,1H3,(H,12,13)(H,14,15). The summed E-state index contributed by atoms with van der Waals surface area (Å²) in [6.07, 6.45) is 1.38. The maximum Gasteiger partial charge on any atom is 0.308 e. The molecule has 0 saturated carbocycles. The number of hydrogen-bond donors (Lipinski definition) is 2. The van der Waals surface area contributed by atoms with Crippen LogP contribution in [0.5, 0.6) is 0 Å². The molecule has 1 aromatic heterocycles. The molecule has 0 saturated heterocycles. The molecule has 0 bridgehead atoms. The van der Waals surface area contributed by atoms with Gasteiger partial charge in [0.1, 0.15) is 0 Å². The van der Waals surface area contributed by atoms with Gasteiger partial charge in [-0.2, -0.15) is 11.3 Å². The Labute approximate surface area is 98.3 Å². The number of hydrogen-bond acceptors (Lipinski definition) is 3. The molecule has 4 nitrogen and oxygen atoms in total. The first-order chi connectivity index (χ1) is 7.65. The van der Waals surface area contributed by atoms with Crippen LogP contribution in [-0.2, 0) is 4.79 Å². The molecular weight excluding hydrogens is 226 g/mol. The predicted octanol–water partition coefficient (Wildman–Crippen LogP) is 1.98. The first kappa shape index (κ1) is 12.7. The molecular formula is C11H15NO3S. The maximum absolute atomic E-state index is 11.5. The average Bonchev–Trinajstić information content (AvgIpc) is 2.76. The van der Waals surface area contributed by atoms with Gasteiger partial charge in [0.15, 0.2) is 0 Å². The monoisotopic (exact) mass is 241 g/mol. The fourth-order valence-electron chi connectivity index (χ4n) is 1.37. The van der Waals surface area contributed by atoms with E-state index in [0.717, 1.165) is 6.42 Å². The van der Waals surface area contributed by atoms with Gasteiger partial charge in [-0.3, -0.25) is 9.59 Å². The van der Waals surface area contributed by atoms with E-state index in [9.17, 15) is 9.59 Å². The van der Waals surface area contributed by atoms with Crippen molar-refractivity contribution in [2.24, 2.45) is 5.92 Å². The molecule has 0 spiro atoms. The fraction of sp³-hybridized carbons (Fsp3) is 0.455. The van der Waals surface area contributed by atoms with Gasteiger partial charge in [-0.05, 0) is 17.9 Å². The predicted molar refractivity (Wildman–Crippen MR) is 62.7 cm³/mol. The normalized spacial score (nSPS) is 12.1. The molecule has 1 unspecified atom stereocenters. The molecule has 88 valence electrons. The highest BCUT2D eigenvalue weighted by Gasteiger charge is 2.17. The van der Waals surface area contributed by atoms with E-state index in [2.05, 4.69) is 5.32 Å². The van der Waals surface area contributed by atoms with Crippen molar-refractivity contribution in [2.75, 3.05) is 6.54 Å². The Morgan fingerprint density at radius 1 is 1.56 bits per heavy atom. The van der Waals surface area contributed by atoms with Crippen LogP contribution in [-0.4, -0.2) is 23.5 Å². The van der Waals surface area contributed by atoms with Gasteiger partial charge in [0, 0.05) is 17.5 Å². The number of carboxylic acid groups (broad SMARTS) is 1. The lowest BCUT2D eigenvalue weighted by atomic mass is 10.0. The van der Waals surface area contributed by atoms with Crippen LogP contribution in [0.3, 0.4) is 0 Å². The van der Waals surface area contributed by atoms with Crippen molar-refractivity contribution >= 4 is 23.2 Å². The summed E-state index contributed by atoms with van der Waals surface area (Å²) in [4.78, 5) is 22.4. The van der Waals surface area contributed by atoms with Gasteiger partial charge in [-0.15, -0.1) is 0 Å². The Balaban J connectivity index is 2.43. The lowest BCUT2D eigenvalue weighted by molar-refractivity contribution is -0.141. The van der Waals surface area contributed by atoms with E-state index < -0.39 is 11.9 Å². The van der Waals surface area contributed by atoms with E-state index in [1.54, 1.807) is 11.4 Å². The van der Waals surface area contributed by atoms with Crippen molar-refractivity contribution in [3.8, 4) is 0 Å². The van der Waals surface area contributed by atoms with E-state index in [1.165, 1.54) is 11.3 Å². The van der Waals surface area contributed by atoms with Gasteiger partial charge in [-0.25, -0.2) is 0 Å². The van der Waals surface area contributed by atoms with E-state index in [4.69, 9.17) is 5.11 Å². The van der Waals surface area contributed by atoms with E-state index in [1.807, 2.05) is 12.3 Å². The van der Waals surface area contributed by atoms with Gasteiger partial charge in [0.2, 0.25) is 0 Å². The second kappa shape index (κ2) is 6.27. The summed E-state index contributed by atoms with van der Waals surface area (Å²) in [7, 11) is 0. The number of carbonyl (C=O) groups is 2. The molecule has 5 heteroatoms. The second-order valence-electron chi connectivity index (χ2n) is 3.55. The lowest BCUT2D eigenvalue weighted by Gasteiger charge is -2.11. The molecule has 1 aromatic rings. The van der Waals surface area contributed by atoms with E-state index in [0.29, 0.717) is 12.0 Å². The third-order valence-electron chi connectivity index (χ3n) is 2.28. The average molecular weight is 241 g/mol. The van der Waals surface area contributed by atoms with E-state index in [-0.39, 0.29) is 12.5 Å². The Bertz CT molecular complexity index is 348. The molecule has 0 radical (unpaired) electrons. The van der Waals surface area contributed by atoms with Crippen LogP contribution in [0.2, 0.25) is 0 Å². The van der Waals surface area contributed by atoms with Crippen LogP contribution in [0.15, 0.2) is 16.8 Å². The van der Waals surface area contributed by atoms with Crippen molar-refractivity contribution in [3.63, 3.8) is 0 Å². The highest BCUT2D eigenvalue weighted by atomic mass is 32.1. The molecule has 16 heavy (non-hydrogen) atoms. The quantitative estimate of drug-likeness (QED) is 0.800. The maximum atomic E-state index is 11.5. The lowest BCUT2D eigenvalue weighted by Crippen LogP contribution is -2.32. The first-order valence-corrected chi connectivity index (χ1v) is 6.12. The molecule has 0 aliphatic heterocycles. The van der Waals surface area contributed by atoms with Crippen LogP contribution in [0.4, 0.5) is 0 Å². The highest BCUT2D eigenvalue weighted by Crippen LogP contribution is 2.08. The summed E-state index contributed by atoms with van der Waals surface area (Å²) in [5.74, 6) is -1.55. The van der Waals surface area contributed by atoms with Crippen LogP contribution in [0.1, 0.15) is 30.1 Å². The second-order valence-corrected chi connectivity index (χ2v) is 4.33. The number of aliphatic carboxylic acids is 1. The Hall–Kier alpha value is -1.36. The van der Waals surface area contributed by atoms with Crippen molar-refractivity contribution < 1.29 is 14.7 Å². The van der Waals surface area contributed by atoms with Crippen LogP contribution >= 0.6 is 11.3 Å². The van der Waals surface area contributed by atoms with E-state index >= 15 is 0 Å². The number of thiophene rings is 1. The number of amides is 1. The van der Waals surface area contributed by atoms with Gasteiger partial charge < -0.3 is 10.4 Å². The van der Waals surface area contributed by atoms with Crippen LogP contribution < -0.4 is 5.32 Å². The van der Waals surface area contributed by atoms with Crippen molar-refractivity contribution in [1.82, 2.24) is 5.32 Å². The largest absolute Gasteiger partial charge is 0.481 e. The minimum Gasteiger partial charge on any atom is -0.481 e. The highest BCUT2D eigenvalue weighted by molar-refractivity contribution is 7.08. The smallest absolute Gasteiger partial charge is 0.308 e. The minimum atomic E-state index is -0.854. The Kier molecular flexibility index (Phi) is 4.98. The van der Waals surface area contributed by atoms with Crippen molar-refractivity contribution in [3.05, 3.63) is 22.4 Å².